The lowest BCUT2D eigenvalue weighted by molar-refractivity contribution is 0.0949. The van der Waals surface area contributed by atoms with Crippen LogP contribution in [0.1, 0.15) is 21.5 Å². The minimum atomic E-state index is -4.35. The molecule has 0 fully saturated rings. The number of amides is 1. The van der Waals surface area contributed by atoms with E-state index in [0.29, 0.717) is 16.3 Å². The standard InChI is InChI=1S/C29H23ClFN3O5S/c1-39-21-9-5-18(6-10-21)15-29(11-2-12-34-29)40(37,38)22-13-23-26(25(31)14-22)32-17-24(27(23)35)28(36)33-16-19-3-7-20(30)8-4-19/h2-14,17H,15-16H2,1H3,(H,32,35)(H,33,36). The number of aromatic amines is 1. The van der Waals surface area contributed by atoms with E-state index in [-0.39, 0.29) is 29.4 Å². The van der Waals surface area contributed by atoms with Crippen LogP contribution in [-0.4, -0.2) is 37.5 Å². The van der Waals surface area contributed by atoms with Crippen molar-refractivity contribution in [1.29, 1.82) is 0 Å². The van der Waals surface area contributed by atoms with E-state index >= 15 is 4.39 Å². The van der Waals surface area contributed by atoms with E-state index in [0.717, 1.165) is 23.9 Å². The summed E-state index contributed by atoms with van der Waals surface area (Å²) in [4.78, 5) is 30.8. The summed E-state index contributed by atoms with van der Waals surface area (Å²) in [5.74, 6) is -1.05. The first-order chi connectivity index (χ1) is 19.1. The minimum Gasteiger partial charge on any atom is -0.497 e. The third kappa shape index (κ3) is 5.03. The number of aliphatic imine (C=N–C) groups is 1. The number of benzene rings is 3. The molecule has 0 aliphatic carbocycles. The van der Waals surface area contributed by atoms with Gasteiger partial charge in [-0.25, -0.2) is 12.8 Å². The monoisotopic (exact) mass is 579 g/mol. The Balaban J connectivity index is 1.51. The lowest BCUT2D eigenvalue weighted by Gasteiger charge is -2.25. The Labute approximate surface area is 234 Å². The Bertz CT molecular complexity index is 1820. The van der Waals surface area contributed by atoms with Gasteiger partial charge in [-0.2, -0.15) is 0 Å². The van der Waals surface area contributed by atoms with Crippen LogP contribution >= 0.6 is 11.6 Å². The number of hydrogen-bond donors (Lipinski definition) is 2. The first kappa shape index (κ1) is 27.3. The molecule has 0 saturated carbocycles. The average molecular weight is 580 g/mol. The van der Waals surface area contributed by atoms with Crippen molar-refractivity contribution in [2.45, 2.75) is 22.7 Å². The Morgan fingerprint density at radius 2 is 1.80 bits per heavy atom. The number of nitrogens with zero attached hydrogens (tertiary/aromatic N) is 1. The van der Waals surface area contributed by atoms with E-state index in [2.05, 4.69) is 15.3 Å². The number of H-pyrrole nitrogens is 1. The summed E-state index contributed by atoms with van der Waals surface area (Å²) in [6, 6.07) is 15.6. The number of carbonyl (C=O) groups excluding carboxylic acids is 1. The van der Waals surface area contributed by atoms with Gasteiger partial charge in [0, 0.05) is 30.4 Å². The summed E-state index contributed by atoms with van der Waals surface area (Å²) < 4.78 is 48.2. The van der Waals surface area contributed by atoms with Crippen LogP contribution in [0.25, 0.3) is 10.9 Å². The van der Waals surface area contributed by atoms with Crippen LogP contribution in [0, 0.1) is 5.82 Å². The van der Waals surface area contributed by atoms with Gasteiger partial charge in [0.1, 0.15) is 17.1 Å². The molecule has 1 atom stereocenters. The second kappa shape index (κ2) is 10.7. The second-order valence-corrected chi connectivity index (χ2v) is 11.8. The van der Waals surface area contributed by atoms with Gasteiger partial charge in [0.05, 0.1) is 22.9 Å². The molecule has 40 heavy (non-hydrogen) atoms. The number of ether oxygens (including phenoxy) is 1. The number of allylic oxidation sites excluding steroid dienone is 1. The molecule has 0 spiro atoms. The van der Waals surface area contributed by atoms with Gasteiger partial charge in [0.15, 0.2) is 4.87 Å². The maximum Gasteiger partial charge on any atom is 0.257 e. The maximum atomic E-state index is 15.2. The Hall–Kier alpha value is -4.28. The van der Waals surface area contributed by atoms with Crippen molar-refractivity contribution in [3.63, 3.8) is 0 Å². The topological polar surface area (TPSA) is 118 Å². The number of nitrogens with one attached hydrogen (secondary N) is 2. The highest BCUT2D eigenvalue weighted by molar-refractivity contribution is 7.93. The smallest absolute Gasteiger partial charge is 0.257 e. The third-order valence-electron chi connectivity index (χ3n) is 6.65. The fourth-order valence-corrected chi connectivity index (χ4v) is 6.35. The molecule has 1 aliphatic rings. The van der Waals surface area contributed by atoms with E-state index in [1.807, 2.05) is 0 Å². The zero-order valence-corrected chi connectivity index (χ0v) is 22.7. The highest BCUT2D eigenvalue weighted by atomic mass is 35.5. The van der Waals surface area contributed by atoms with Crippen LogP contribution in [0.2, 0.25) is 5.02 Å². The van der Waals surface area contributed by atoms with Gasteiger partial charge in [-0.15, -0.1) is 0 Å². The van der Waals surface area contributed by atoms with Crippen molar-refractivity contribution < 1.29 is 22.3 Å². The number of methoxy groups -OCH3 is 1. The number of sulfone groups is 1. The summed E-state index contributed by atoms with van der Waals surface area (Å²) in [6.07, 6.45) is 5.38. The fourth-order valence-electron chi connectivity index (χ4n) is 4.47. The maximum absolute atomic E-state index is 15.2. The number of carbonyl (C=O) groups is 1. The number of fused-ring (bicyclic) bond motifs is 1. The average Bonchev–Trinajstić information content (AvgIpc) is 3.43. The summed E-state index contributed by atoms with van der Waals surface area (Å²) >= 11 is 5.88. The number of rotatable bonds is 8. The van der Waals surface area contributed by atoms with Crippen LogP contribution in [0.5, 0.6) is 5.75 Å². The molecule has 5 rings (SSSR count). The normalized spacial score (nSPS) is 16.4. The van der Waals surface area contributed by atoms with Gasteiger partial charge >= 0.3 is 0 Å². The number of halogens is 2. The zero-order chi connectivity index (χ0) is 28.5. The van der Waals surface area contributed by atoms with Crippen molar-refractivity contribution in [3.05, 3.63) is 117 Å². The summed E-state index contributed by atoms with van der Waals surface area (Å²) in [5, 5.41) is 2.90. The van der Waals surface area contributed by atoms with E-state index in [9.17, 15) is 18.0 Å². The molecule has 2 N–H and O–H groups in total. The van der Waals surface area contributed by atoms with Gasteiger partial charge in [-0.05, 0) is 59.7 Å². The minimum absolute atomic E-state index is 0.0323. The molecule has 8 nitrogen and oxygen atoms in total. The fraction of sp³-hybridized carbons (Fsp3) is 0.138. The van der Waals surface area contributed by atoms with Gasteiger partial charge in [-0.1, -0.05) is 35.9 Å². The summed E-state index contributed by atoms with van der Waals surface area (Å²) in [6.45, 7) is 0.120. The Morgan fingerprint density at radius 3 is 2.45 bits per heavy atom. The molecule has 1 amide bonds. The molecule has 2 heterocycles. The Kier molecular flexibility index (Phi) is 7.31. The predicted octanol–water partition coefficient (Wildman–Crippen LogP) is 4.61. The lowest BCUT2D eigenvalue weighted by Crippen LogP contribution is -2.36. The van der Waals surface area contributed by atoms with Gasteiger partial charge in [0.2, 0.25) is 15.3 Å². The first-order valence-corrected chi connectivity index (χ1v) is 14.0. The molecule has 11 heteroatoms. The molecule has 3 aromatic carbocycles. The molecule has 0 radical (unpaired) electrons. The highest BCUT2D eigenvalue weighted by Crippen LogP contribution is 2.36. The second-order valence-electron chi connectivity index (χ2n) is 9.18. The first-order valence-electron chi connectivity index (χ1n) is 12.1. The van der Waals surface area contributed by atoms with E-state index in [1.165, 1.54) is 25.5 Å². The van der Waals surface area contributed by atoms with Crippen LogP contribution in [0.15, 0.2) is 93.7 Å². The van der Waals surface area contributed by atoms with Crippen molar-refractivity contribution >= 4 is 44.5 Å². The number of hydrogen-bond acceptors (Lipinski definition) is 6. The molecular formula is C29H23ClFN3O5S. The van der Waals surface area contributed by atoms with Crippen LogP contribution in [-0.2, 0) is 22.8 Å². The predicted molar refractivity (Wildman–Crippen MR) is 151 cm³/mol. The molecular weight excluding hydrogens is 557 g/mol. The highest BCUT2D eigenvalue weighted by Gasteiger charge is 2.44. The van der Waals surface area contributed by atoms with Crippen molar-refractivity contribution in [1.82, 2.24) is 10.3 Å². The van der Waals surface area contributed by atoms with Gasteiger partial charge in [-0.3, -0.25) is 14.6 Å². The van der Waals surface area contributed by atoms with Crippen LogP contribution < -0.4 is 15.5 Å². The zero-order valence-electron chi connectivity index (χ0n) is 21.1. The summed E-state index contributed by atoms with van der Waals surface area (Å²) in [7, 11) is -2.82. The number of pyridine rings is 1. The molecule has 204 valence electrons. The van der Waals surface area contributed by atoms with Crippen molar-refractivity contribution in [2.75, 3.05) is 7.11 Å². The van der Waals surface area contributed by atoms with Gasteiger partial charge in [0.25, 0.3) is 5.91 Å². The molecule has 4 aromatic rings. The van der Waals surface area contributed by atoms with Crippen molar-refractivity contribution in [2.24, 2.45) is 4.99 Å². The molecule has 0 saturated heterocycles. The quantitative estimate of drug-likeness (QED) is 0.316. The van der Waals surface area contributed by atoms with Crippen LogP contribution in [0.3, 0.4) is 0 Å². The van der Waals surface area contributed by atoms with Crippen molar-refractivity contribution in [3.8, 4) is 5.75 Å². The molecule has 1 aliphatic heterocycles. The number of aromatic nitrogens is 1. The van der Waals surface area contributed by atoms with E-state index in [1.54, 1.807) is 48.5 Å². The van der Waals surface area contributed by atoms with Crippen LogP contribution in [0.4, 0.5) is 4.39 Å². The van der Waals surface area contributed by atoms with E-state index in [4.69, 9.17) is 16.3 Å². The largest absolute Gasteiger partial charge is 0.497 e. The Morgan fingerprint density at radius 1 is 1.10 bits per heavy atom. The lowest BCUT2D eigenvalue weighted by atomic mass is 10.1. The molecule has 1 aromatic heterocycles. The van der Waals surface area contributed by atoms with Gasteiger partial charge < -0.3 is 15.0 Å². The molecule has 1 unspecified atom stereocenters. The van der Waals surface area contributed by atoms with E-state index < -0.39 is 36.8 Å². The summed E-state index contributed by atoms with van der Waals surface area (Å²) in [5.41, 5.74) is 0.0940. The SMILES string of the molecule is COc1ccc(CC2(S(=O)(=O)c3cc(F)c4[nH]cc(C(=O)NCc5ccc(Cl)cc5)c(=O)c4c3)C=CC=N2)cc1. The third-order valence-corrected chi connectivity index (χ3v) is 9.08. The molecule has 0 bridgehead atoms.